The fraction of sp³-hybridized carbons (Fsp3) is 0.375. The van der Waals surface area contributed by atoms with Crippen molar-refractivity contribution in [3.05, 3.63) is 42.2 Å². The molecule has 1 unspecified atom stereocenters. The lowest BCUT2D eigenvalue weighted by Gasteiger charge is -2.15. The third kappa shape index (κ3) is 3.90. The highest BCUT2D eigenvalue weighted by Gasteiger charge is 2.18. The average molecular weight is 319 g/mol. The van der Waals surface area contributed by atoms with E-state index in [1.165, 1.54) is 11.8 Å². The number of amides is 1. The van der Waals surface area contributed by atoms with Gasteiger partial charge in [0.15, 0.2) is 5.16 Å². The molecule has 0 saturated heterocycles. The van der Waals surface area contributed by atoms with Crippen LogP contribution in [0.1, 0.15) is 30.3 Å². The summed E-state index contributed by atoms with van der Waals surface area (Å²) in [6, 6.07) is 9.73. The van der Waals surface area contributed by atoms with E-state index in [0.29, 0.717) is 12.1 Å². The summed E-state index contributed by atoms with van der Waals surface area (Å²) in [5, 5.41) is 12.6. The van der Waals surface area contributed by atoms with Crippen LogP contribution in [0.15, 0.2) is 41.7 Å². The van der Waals surface area contributed by atoms with E-state index in [-0.39, 0.29) is 18.6 Å². The number of carbonyl (C=O) groups excluding carboxylic acids is 1. The summed E-state index contributed by atoms with van der Waals surface area (Å²) in [5.41, 5.74) is 1.43. The highest BCUT2D eigenvalue weighted by atomic mass is 32.2. The smallest absolute Gasteiger partial charge is 0.270 e. The zero-order valence-corrected chi connectivity index (χ0v) is 13.6. The van der Waals surface area contributed by atoms with Crippen molar-refractivity contribution in [1.29, 1.82) is 0 Å². The van der Waals surface area contributed by atoms with Gasteiger partial charge in [0.2, 0.25) is 0 Å². The van der Waals surface area contributed by atoms with E-state index in [2.05, 4.69) is 10.3 Å². The van der Waals surface area contributed by atoms with Gasteiger partial charge >= 0.3 is 0 Å². The molecular weight excluding hydrogens is 298 g/mol. The van der Waals surface area contributed by atoms with Gasteiger partial charge in [-0.25, -0.2) is 4.98 Å². The molecule has 2 rings (SSSR count). The number of aliphatic hydroxyl groups excluding tert-OH is 1. The maximum Gasteiger partial charge on any atom is 0.270 e. The summed E-state index contributed by atoms with van der Waals surface area (Å²) in [6.07, 6.45) is 4.97. The van der Waals surface area contributed by atoms with Crippen LogP contribution in [-0.2, 0) is 0 Å². The number of imidazole rings is 1. The van der Waals surface area contributed by atoms with E-state index in [0.717, 1.165) is 17.3 Å². The van der Waals surface area contributed by atoms with Crippen molar-refractivity contribution in [1.82, 2.24) is 14.9 Å². The summed E-state index contributed by atoms with van der Waals surface area (Å²) in [7, 11) is 0. The Bertz CT molecular complexity index is 613. The van der Waals surface area contributed by atoms with Gasteiger partial charge in [0, 0.05) is 18.3 Å². The Morgan fingerprint density at radius 2 is 2.14 bits per heavy atom. The highest BCUT2D eigenvalue weighted by molar-refractivity contribution is 7.98. The predicted octanol–water partition coefficient (Wildman–Crippen LogP) is 2.49. The first-order chi connectivity index (χ1) is 10.7. The van der Waals surface area contributed by atoms with Gasteiger partial charge in [0.1, 0.15) is 5.69 Å². The molecule has 22 heavy (non-hydrogen) atoms. The van der Waals surface area contributed by atoms with Gasteiger partial charge in [-0.3, -0.25) is 9.36 Å². The summed E-state index contributed by atoms with van der Waals surface area (Å²) < 4.78 is 1.86. The molecule has 0 saturated carbocycles. The maximum absolute atomic E-state index is 12.5. The first kappa shape index (κ1) is 16.6. The molecule has 1 aromatic heterocycles. The van der Waals surface area contributed by atoms with Crippen LogP contribution in [0.4, 0.5) is 0 Å². The van der Waals surface area contributed by atoms with Crippen molar-refractivity contribution >= 4 is 17.7 Å². The number of nitrogens with zero attached hydrogens (tertiary/aromatic N) is 2. The second-order valence-corrected chi connectivity index (χ2v) is 5.81. The standard InChI is InChI=1S/C16H21N3O2S/c1-12(7-6-10-20)18-15(21)14-11-17-16(22-2)19(14)13-8-4-3-5-9-13/h3-5,8-9,11-12,20H,6-7,10H2,1-2H3,(H,18,21). The van der Waals surface area contributed by atoms with Crippen LogP contribution < -0.4 is 5.32 Å². The number of para-hydroxylation sites is 1. The van der Waals surface area contributed by atoms with Crippen molar-refractivity contribution in [2.75, 3.05) is 12.9 Å². The number of benzene rings is 1. The first-order valence-corrected chi connectivity index (χ1v) is 8.48. The van der Waals surface area contributed by atoms with Gasteiger partial charge < -0.3 is 10.4 Å². The van der Waals surface area contributed by atoms with Crippen LogP contribution in [0.25, 0.3) is 5.69 Å². The number of carbonyl (C=O) groups is 1. The molecule has 0 spiro atoms. The number of hydrogen-bond donors (Lipinski definition) is 2. The molecular formula is C16H21N3O2S. The summed E-state index contributed by atoms with van der Waals surface area (Å²) in [5.74, 6) is -0.151. The molecule has 5 nitrogen and oxygen atoms in total. The lowest BCUT2D eigenvalue weighted by atomic mass is 10.2. The zero-order chi connectivity index (χ0) is 15.9. The molecule has 2 N–H and O–H groups in total. The Morgan fingerprint density at radius 3 is 2.77 bits per heavy atom. The average Bonchev–Trinajstić information content (AvgIpc) is 2.97. The van der Waals surface area contributed by atoms with Crippen LogP contribution in [0.2, 0.25) is 0 Å². The second-order valence-electron chi connectivity index (χ2n) is 5.04. The summed E-state index contributed by atoms with van der Waals surface area (Å²) in [6.45, 7) is 2.07. The molecule has 0 fully saturated rings. The number of hydrogen-bond acceptors (Lipinski definition) is 4. The van der Waals surface area contributed by atoms with Crippen molar-refractivity contribution in [2.24, 2.45) is 0 Å². The minimum Gasteiger partial charge on any atom is -0.396 e. The van der Waals surface area contributed by atoms with E-state index >= 15 is 0 Å². The summed E-state index contributed by atoms with van der Waals surface area (Å²) >= 11 is 1.50. The normalized spacial score (nSPS) is 12.1. The topological polar surface area (TPSA) is 67.2 Å². The largest absolute Gasteiger partial charge is 0.396 e. The number of aromatic nitrogens is 2. The molecule has 0 radical (unpaired) electrons. The maximum atomic E-state index is 12.5. The zero-order valence-electron chi connectivity index (χ0n) is 12.8. The Balaban J connectivity index is 2.24. The molecule has 2 aromatic rings. The molecule has 0 aliphatic rings. The Hall–Kier alpha value is -1.79. The molecule has 1 aromatic carbocycles. The fourth-order valence-electron chi connectivity index (χ4n) is 2.23. The monoisotopic (exact) mass is 319 g/mol. The third-order valence-electron chi connectivity index (χ3n) is 3.33. The van der Waals surface area contributed by atoms with Crippen LogP contribution in [-0.4, -0.2) is 39.5 Å². The van der Waals surface area contributed by atoms with Crippen molar-refractivity contribution in [2.45, 2.75) is 31.0 Å². The first-order valence-electron chi connectivity index (χ1n) is 7.26. The summed E-state index contributed by atoms with van der Waals surface area (Å²) in [4.78, 5) is 16.8. The fourth-order valence-corrected chi connectivity index (χ4v) is 2.78. The van der Waals surface area contributed by atoms with Crippen LogP contribution >= 0.6 is 11.8 Å². The molecule has 0 aliphatic heterocycles. The van der Waals surface area contributed by atoms with Crippen molar-refractivity contribution in [3.8, 4) is 5.69 Å². The van der Waals surface area contributed by atoms with E-state index in [1.807, 2.05) is 48.1 Å². The molecule has 0 aliphatic carbocycles. The minimum absolute atomic E-state index is 0.0107. The quantitative estimate of drug-likeness (QED) is 0.770. The molecule has 118 valence electrons. The molecule has 1 heterocycles. The van der Waals surface area contributed by atoms with E-state index < -0.39 is 0 Å². The molecule has 0 bridgehead atoms. The number of nitrogens with one attached hydrogen (secondary N) is 1. The van der Waals surface area contributed by atoms with Crippen molar-refractivity contribution < 1.29 is 9.90 Å². The number of aliphatic hydroxyl groups is 1. The SMILES string of the molecule is CSc1ncc(C(=O)NC(C)CCCO)n1-c1ccccc1. The van der Waals surface area contributed by atoms with Crippen LogP contribution in [0.5, 0.6) is 0 Å². The van der Waals surface area contributed by atoms with Crippen molar-refractivity contribution in [3.63, 3.8) is 0 Å². The van der Waals surface area contributed by atoms with E-state index in [1.54, 1.807) is 6.20 Å². The lowest BCUT2D eigenvalue weighted by molar-refractivity contribution is 0.0929. The minimum atomic E-state index is -0.151. The van der Waals surface area contributed by atoms with E-state index in [9.17, 15) is 4.79 Å². The Labute approximate surface area is 134 Å². The second kappa shape index (κ2) is 8.00. The third-order valence-corrected chi connectivity index (χ3v) is 3.98. The highest BCUT2D eigenvalue weighted by Crippen LogP contribution is 2.21. The van der Waals surface area contributed by atoms with Gasteiger partial charge in [-0.2, -0.15) is 0 Å². The van der Waals surface area contributed by atoms with Gasteiger partial charge in [-0.05, 0) is 38.2 Å². The van der Waals surface area contributed by atoms with Gasteiger partial charge in [0.25, 0.3) is 5.91 Å². The molecule has 6 heteroatoms. The van der Waals surface area contributed by atoms with Gasteiger partial charge in [-0.1, -0.05) is 30.0 Å². The lowest BCUT2D eigenvalue weighted by Crippen LogP contribution is -2.33. The van der Waals surface area contributed by atoms with E-state index in [4.69, 9.17) is 5.11 Å². The Kier molecular flexibility index (Phi) is 6.03. The number of rotatable bonds is 7. The van der Waals surface area contributed by atoms with Crippen LogP contribution in [0.3, 0.4) is 0 Å². The predicted molar refractivity (Wildman–Crippen MR) is 88.6 cm³/mol. The molecule has 1 atom stereocenters. The number of thioether (sulfide) groups is 1. The Morgan fingerprint density at radius 1 is 1.41 bits per heavy atom. The van der Waals surface area contributed by atoms with Crippen LogP contribution in [0, 0.1) is 0 Å². The molecule has 1 amide bonds. The van der Waals surface area contributed by atoms with Gasteiger partial charge in [-0.15, -0.1) is 0 Å². The van der Waals surface area contributed by atoms with Gasteiger partial charge in [0.05, 0.1) is 6.20 Å².